The molecule has 0 aromatic heterocycles. The van der Waals surface area contributed by atoms with Gasteiger partial charge < -0.3 is 5.11 Å². The molecule has 0 saturated carbocycles. The van der Waals surface area contributed by atoms with Crippen molar-refractivity contribution in [2.75, 3.05) is 0 Å². The van der Waals surface area contributed by atoms with Gasteiger partial charge in [0, 0.05) is 0 Å². The van der Waals surface area contributed by atoms with Crippen LogP contribution >= 0.6 is 0 Å². The summed E-state index contributed by atoms with van der Waals surface area (Å²) in [5.74, 6) is -1.81. The van der Waals surface area contributed by atoms with Crippen molar-refractivity contribution < 1.29 is 14.7 Å². The van der Waals surface area contributed by atoms with E-state index in [0.717, 1.165) is 0 Å². The van der Waals surface area contributed by atoms with Gasteiger partial charge in [0.2, 0.25) is 0 Å². The monoisotopic (exact) mass is 189 g/mol. The molecule has 2 rings (SSSR count). The van der Waals surface area contributed by atoms with Crippen LogP contribution in [0.5, 0.6) is 0 Å². The Morgan fingerprint density at radius 2 is 1.64 bits per heavy atom. The highest BCUT2D eigenvalue weighted by Crippen LogP contribution is 2.21. The number of carbonyl (C=O) groups is 2. The van der Waals surface area contributed by atoms with E-state index in [4.69, 9.17) is 0 Å². The summed E-state index contributed by atoms with van der Waals surface area (Å²) in [5.41, 5.74) is 0.573. The van der Waals surface area contributed by atoms with E-state index in [1.807, 2.05) is 5.32 Å². The molecule has 1 aromatic rings. The maximum atomic E-state index is 11.2. The molecule has 4 heteroatoms. The van der Waals surface area contributed by atoms with E-state index in [1.54, 1.807) is 30.3 Å². The molecule has 2 N–H and O–H groups in total. The zero-order valence-electron chi connectivity index (χ0n) is 7.15. The lowest BCUT2D eigenvalue weighted by molar-refractivity contribution is -0.124. The summed E-state index contributed by atoms with van der Waals surface area (Å²) in [6.45, 7) is 0. The van der Waals surface area contributed by atoms with Crippen molar-refractivity contribution in [2.45, 2.75) is 0 Å². The van der Waals surface area contributed by atoms with Crippen LogP contribution in [-0.4, -0.2) is 16.9 Å². The molecule has 4 nitrogen and oxygen atoms in total. The first-order chi connectivity index (χ1) is 6.70. The first-order valence-corrected chi connectivity index (χ1v) is 4.04. The molecule has 1 aliphatic heterocycles. The standard InChI is InChI=1S/C10H7NO3/c12-8-7(9(13)11-10(8)14)6-4-2-1-3-5-6/h1-5H,(H2,11,12,13,14). The summed E-state index contributed by atoms with van der Waals surface area (Å²) in [4.78, 5) is 22.2. The first-order valence-electron chi connectivity index (χ1n) is 4.04. The van der Waals surface area contributed by atoms with E-state index in [-0.39, 0.29) is 5.57 Å². The van der Waals surface area contributed by atoms with Crippen molar-refractivity contribution in [3.05, 3.63) is 41.7 Å². The highest BCUT2D eigenvalue weighted by atomic mass is 16.3. The predicted molar refractivity (Wildman–Crippen MR) is 49.1 cm³/mol. The smallest absolute Gasteiger partial charge is 0.293 e. The van der Waals surface area contributed by atoms with Crippen LogP contribution in [0.4, 0.5) is 0 Å². The topological polar surface area (TPSA) is 66.4 Å². The normalized spacial score (nSPS) is 16.0. The van der Waals surface area contributed by atoms with Crippen LogP contribution in [0.15, 0.2) is 36.1 Å². The van der Waals surface area contributed by atoms with E-state index in [2.05, 4.69) is 0 Å². The summed E-state index contributed by atoms with van der Waals surface area (Å²) < 4.78 is 0. The Hall–Kier alpha value is -2.10. The maximum Gasteiger partial charge on any atom is 0.293 e. The van der Waals surface area contributed by atoms with Gasteiger partial charge in [-0.3, -0.25) is 14.9 Å². The van der Waals surface area contributed by atoms with E-state index in [0.29, 0.717) is 5.56 Å². The summed E-state index contributed by atoms with van der Waals surface area (Å²) >= 11 is 0. The SMILES string of the molecule is O=C1NC(=O)C(c2ccccc2)=C1O. The number of hydrogen-bond donors (Lipinski definition) is 2. The quantitative estimate of drug-likeness (QED) is 0.636. The number of nitrogens with one attached hydrogen (secondary N) is 1. The second kappa shape index (κ2) is 2.99. The van der Waals surface area contributed by atoms with Gasteiger partial charge in [-0.25, -0.2) is 0 Å². The molecule has 0 spiro atoms. The third kappa shape index (κ3) is 1.17. The fourth-order valence-corrected chi connectivity index (χ4v) is 1.32. The van der Waals surface area contributed by atoms with Gasteiger partial charge in [-0.05, 0) is 5.56 Å². The molecule has 1 aliphatic rings. The molecule has 70 valence electrons. The lowest BCUT2D eigenvalue weighted by Gasteiger charge is -1.98. The largest absolute Gasteiger partial charge is 0.502 e. The minimum absolute atomic E-state index is 0.0376. The molecular formula is C10H7NO3. The van der Waals surface area contributed by atoms with Crippen LogP contribution in [0.2, 0.25) is 0 Å². The lowest BCUT2D eigenvalue weighted by atomic mass is 10.1. The Kier molecular flexibility index (Phi) is 1.81. The highest BCUT2D eigenvalue weighted by Gasteiger charge is 2.30. The fourth-order valence-electron chi connectivity index (χ4n) is 1.32. The molecule has 2 amide bonds. The molecule has 0 atom stereocenters. The highest BCUT2D eigenvalue weighted by molar-refractivity contribution is 6.35. The zero-order chi connectivity index (χ0) is 10.1. The van der Waals surface area contributed by atoms with Crippen LogP contribution in [0.1, 0.15) is 5.56 Å². The average molecular weight is 189 g/mol. The van der Waals surface area contributed by atoms with Gasteiger partial charge in [0.05, 0.1) is 5.57 Å². The number of aliphatic hydroxyl groups is 1. The van der Waals surface area contributed by atoms with Gasteiger partial charge in [0.1, 0.15) is 0 Å². The van der Waals surface area contributed by atoms with Gasteiger partial charge in [-0.15, -0.1) is 0 Å². The number of aliphatic hydroxyl groups excluding tert-OH is 1. The van der Waals surface area contributed by atoms with Crippen molar-refractivity contribution >= 4 is 17.4 Å². The number of rotatable bonds is 1. The van der Waals surface area contributed by atoms with E-state index in [1.165, 1.54) is 0 Å². The number of amides is 2. The van der Waals surface area contributed by atoms with Gasteiger partial charge in [0.15, 0.2) is 5.76 Å². The predicted octanol–water partition coefficient (Wildman–Crippen LogP) is 0.612. The first kappa shape index (κ1) is 8.50. The molecule has 14 heavy (non-hydrogen) atoms. The number of benzene rings is 1. The van der Waals surface area contributed by atoms with Crippen molar-refractivity contribution in [1.29, 1.82) is 0 Å². The van der Waals surface area contributed by atoms with E-state index >= 15 is 0 Å². The average Bonchev–Trinajstić information content (AvgIpc) is 2.43. The minimum Gasteiger partial charge on any atom is -0.502 e. The van der Waals surface area contributed by atoms with Gasteiger partial charge in [-0.2, -0.15) is 0 Å². The number of carbonyl (C=O) groups excluding carboxylic acids is 2. The molecule has 1 aromatic carbocycles. The fraction of sp³-hybridized carbons (Fsp3) is 0. The molecule has 0 unspecified atom stereocenters. The van der Waals surface area contributed by atoms with E-state index < -0.39 is 17.6 Å². The lowest BCUT2D eigenvalue weighted by Crippen LogP contribution is -2.22. The van der Waals surface area contributed by atoms with Crippen molar-refractivity contribution in [3.8, 4) is 0 Å². The van der Waals surface area contributed by atoms with Crippen LogP contribution in [0.3, 0.4) is 0 Å². The van der Waals surface area contributed by atoms with Gasteiger partial charge >= 0.3 is 0 Å². The second-order valence-electron chi connectivity index (χ2n) is 2.87. The third-order valence-electron chi connectivity index (χ3n) is 1.97. The van der Waals surface area contributed by atoms with Crippen LogP contribution < -0.4 is 5.32 Å². The summed E-state index contributed by atoms with van der Waals surface area (Å²) in [7, 11) is 0. The molecule has 0 fully saturated rings. The molecule has 0 saturated heterocycles. The number of imide groups is 1. The minimum atomic E-state index is -0.742. The molecule has 0 aliphatic carbocycles. The Balaban J connectivity index is 2.54. The molecule has 0 radical (unpaired) electrons. The summed E-state index contributed by atoms with van der Waals surface area (Å²) in [5, 5.41) is 11.3. The van der Waals surface area contributed by atoms with Crippen molar-refractivity contribution in [3.63, 3.8) is 0 Å². The van der Waals surface area contributed by atoms with Gasteiger partial charge in [-0.1, -0.05) is 30.3 Å². The van der Waals surface area contributed by atoms with Crippen LogP contribution in [0.25, 0.3) is 5.57 Å². The molecule has 0 bridgehead atoms. The Morgan fingerprint density at radius 3 is 2.14 bits per heavy atom. The van der Waals surface area contributed by atoms with E-state index in [9.17, 15) is 14.7 Å². The molecular weight excluding hydrogens is 182 g/mol. The summed E-state index contributed by atoms with van der Waals surface area (Å²) in [6.07, 6.45) is 0. The van der Waals surface area contributed by atoms with Crippen molar-refractivity contribution in [1.82, 2.24) is 5.32 Å². The number of hydrogen-bond acceptors (Lipinski definition) is 3. The zero-order valence-corrected chi connectivity index (χ0v) is 7.15. The summed E-state index contributed by atoms with van der Waals surface area (Å²) in [6, 6.07) is 8.56. The van der Waals surface area contributed by atoms with Crippen LogP contribution in [0, 0.1) is 0 Å². The van der Waals surface area contributed by atoms with Gasteiger partial charge in [0.25, 0.3) is 11.8 Å². The Morgan fingerprint density at radius 1 is 1.00 bits per heavy atom. The Labute approximate surface area is 79.9 Å². The molecule has 1 heterocycles. The third-order valence-corrected chi connectivity index (χ3v) is 1.97. The van der Waals surface area contributed by atoms with Crippen molar-refractivity contribution in [2.24, 2.45) is 0 Å². The second-order valence-corrected chi connectivity index (χ2v) is 2.87. The van der Waals surface area contributed by atoms with Crippen LogP contribution in [-0.2, 0) is 9.59 Å². The Bertz CT molecular complexity index is 434. The maximum absolute atomic E-state index is 11.2.